The molecule has 1 aromatic heterocycles. The van der Waals surface area contributed by atoms with Gasteiger partial charge in [0.15, 0.2) is 0 Å². The topological polar surface area (TPSA) is 86.3 Å². The maximum atomic E-state index is 13.6. The van der Waals surface area contributed by atoms with Gasteiger partial charge in [0.05, 0.1) is 28.1 Å². The van der Waals surface area contributed by atoms with Crippen molar-refractivity contribution in [2.75, 3.05) is 6.54 Å². The lowest BCUT2D eigenvalue weighted by molar-refractivity contribution is 0.0365. The van der Waals surface area contributed by atoms with Gasteiger partial charge in [-0.05, 0) is 86.2 Å². The summed E-state index contributed by atoms with van der Waals surface area (Å²) in [7, 11) is -3.75. The summed E-state index contributed by atoms with van der Waals surface area (Å²) in [4.78, 5) is 2.62. The van der Waals surface area contributed by atoms with E-state index in [1.54, 1.807) is 18.3 Å². The maximum absolute atomic E-state index is 13.6. The number of likely N-dealkylation sites (tertiary alicyclic amines) is 1. The first-order valence-corrected chi connectivity index (χ1v) is 14.0. The number of nitriles is 1. The van der Waals surface area contributed by atoms with Crippen LogP contribution in [-0.4, -0.2) is 35.0 Å². The van der Waals surface area contributed by atoms with Gasteiger partial charge < -0.3 is 5.11 Å². The molecule has 1 aliphatic heterocycles. The molecule has 5 rings (SSSR count). The molecular weight excluding hydrogens is 482 g/mol. The third-order valence-electron chi connectivity index (χ3n) is 7.51. The molecule has 190 valence electrons. The van der Waals surface area contributed by atoms with Crippen LogP contribution >= 0.6 is 0 Å². The van der Waals surface area contributed by atoms with Crippen molar-refractivity contribution in [2.24, 2.45) is 0 Å². The molecule has 0 spiro atoms. The minimum absolute atomic E-state index is 0.00521. The van der Waals surface area contributed by atoms with Crippen LogP contribution in [-0.2, 0) is 16.6 Å². The van der Waals surface area contributed by atoms with Crippen molar-refractivity contribution in [1.29, 1.82) is 5.26 Å². The summed E-state index contributed by atoms with van der Waals surface area (Å²) in [5, 5.41) is 20.6. The van der Waals surface area contributed by atoms with E-state index in [2.05, 4.69) is 24.0 Å². The van der Waals surface area contributed by atoms with Crippen molar-refractivity contribution in [3.8, 4) is 6.07 Å². The molecule has 4 aromatic rings. The quantitative estimate of drug-likeness (QED) is 0.388. The van der Waals surface area contributed by atoms with Crippen molar-refractivity contribution in [2.45, 2.75) is 57.2 Å². The zero-order valence-corrected chi connectivity index (χ0v) is 22.2. The van der Waals surface area contributed by atoms with Crippen LogP contribution in [0, 0.1) is 32.1 Å². The fourth-order valence-electron chi connectivity index (χ4n) is 5.49. The average molecular weight is 514 g/mol. The second-order valence-electron chi connectivity index (χ2n) is 10.1. The molecule has 37 heavy (non-hydrogen) atoms. The van der Waals surface area contributed by atoms with E-state index in [1.807, 2.05) is 56.3 Å². The number of aliphatic hydroxyl groups is 1. The van der Waals surface area contributed by atoms with Gasteiger partial charge >= 0.3 is 0 Å². The Kier molecular flexibility index (Phi) is 6.67. The molecule has 7 heteroatoms. The van der Waals surface area contributed by atoms with E-state index < -0.39 is 10.0 Å². The third kappa shape index (κ3) is 4.69. The fraction of sp³-hybridized carbons (Fsp3) is 0.300. The Labute approximate surface area is 218 Å². The van der Waals surface area contributed by atoms with E-state index in [-0.39, 0.29) is 17.0 Å². The number of nitrogens with zero attached hydrogens (tertiary/aromatic N) is 3. The second kappa shape index (κ2) is 9.79. The summed E-state index contributed by atoms with van der Waals surface area (Å²) in [5.74, 6) is 0. The zero-order valence-electron chi connectivity index (χ0n) is 21.3. The van der Waals surface area contributed by atoms with E-state index in [9.17, 15) is 18.8 Å². The van der Waals surface area contributed by atoms with E-state index in [0.717, 1.165) is 39.7 Å². The Bertz CT molecular complexity index is 1600. The van der Waals surface area contributed by atoms with E-state index >= 15 is 0 Å². The Morgan fingerprint density at radius 1 is 1.00 bits per heavy atom. The zero-order chi connectivity index (χ0) is 26.3. The minimum atomic E-state index is -3.75. The highest BCUT2D eigenvalue weighted by Gasteiger charge is 2.30. The minimum Gasteiger partial charge on any atom is -0.393 e. The van der Waals surface area contributed by atoms with Crippen molar-refractivity contribution >= 4 is 20.9 Å². The summed E-state index contributed by atoms with van der Waals surface area (Å²) in [6.07, 6.45) is 2.58. The molecule has 1 saturated heterocycles. The predicted octanol–water partition coefficient (Wildman–Crippen LogP) is 5.37. The van der Waals surface area contributed by atoms with Crippen LogP contribution in [0.2, 0.25) is 0 Å². The molecule has 1 aliphatic rings. The number of aromatic nitrogens is 1. The molecular formula is C30H31N3O3S. The summed E-state index contributed by atoms with van der Waals surface area (Å²) in [5.41, 5.74) is 6.50. The second-order valence-corrected chi connectivity index (χ2v) is 11.9. The van der Waals surface area contributed by atoms with Crippen LogP contribution in [0.25, 0.3) is 10.9 Å². The summed E-state index contributed by atoms with van der Waals surface area (Å²) in [6, 6.07) is 20.7. The standard InChI is InChI=1S/C30H31N3O3S/c1-20-4-10-26(11-5-20)37(35,36)33-15-13-27-28(21(2)16-22(3)30(27)33)19-32-14-12-25(34)17-29(32)24-8-6-23(18-31)7-9-24/h4-11,13,15-16,25,29,34H,12,14,17,19H2,1-3H3. The molecule has 1 N–H and O–H groups in total. The molecule has 2 heterocycles. The maximum Gasteiger partial charge on any atom is 0.268 e. The first-order valence-electron chi connectivity index (χ1n) is 12.5. The molecule has 6 nitrogen and oxygen atoms in total. The summed E-state index contributed by atoms with van der Waals surface area (Å²) in [6.45, 7) is 7.32. The largest absolute Gasteiger partial charge is 0.393 e. The number of hydrogen-bond donors (Lipinski definition) is 1. The number of fused-ring (bicyclic) bond motifs is 1. The van der Waals surface area contributed by atoms with Gasteiger partial charge in [0, 0.05) is 30.7 Å². The Morgan fingerprint density at radius 2 is 1.70 bits per heavy atom. The van der Waals surface area contributed by atoms with Crippen LogP contribution in [0.15, 0.2) is 71.8 Å². The number of rotatable bonds is 5. The number of aryl methyl sites for hydroxylation is 3. The number of benzene rings is 3. The van der Waals surface area contributed by atoms with Gasteiger partial charge in [0.1, 0.15) is 0 Å². The van der Waals surface area contributed by atoms with Crippen LogP contribution in [0.3, 0.4) is 0 Å². The Balaban J connectivity index is 1.56. The molecule has 2 unspecified atom stereocenters. The van der Waals surface area contributed by atoms with Crippen LogP contribution in [0.4, 0.5) is 0 Å². The number of aliphatic hydroxyl groups excluding tert-OH is 1. The number of piperidine rings is 1. The summed E-state index contributed by atoms with van der Waals surface area (Å²) < 4.78 is 28.6. The van der Waals surface area contributed by atoms with Crippen molar-refractivity contribution in [3.63, 3.8) is 0 Å². The monoisotopic (exact) mass is 513 g/mol. The Morgan fingerprint density at radius 3 is 2.38 bits per heavy atom. The van der Waals surface area contributed by atoms with Gasteiger partial charge in [-0.2, -0.15) is 5.26 Å². The van der Waals surface area contributed by atoms with Crippen LogP contribution < -0.4 is 0 Å². The van der Waals surface area contributed by atoms with E-state index in [1.165, 1.54) is 3.97 Å². The van der Waals surface area contributed by atoms with Gasteiger partial charge in [-0.25, -0.2) is 12.4 Å². The first-order chi connectivity index (χ1) is 17.7. The smallest absolute Gasteiger partial charge is 0.268 e. The molecule has 1 fully saturated rings. The average Bonchev–Trinajstić information content (AvgIpc) is 3.34. The highest BCUT2D eigenvalue weighted by molar-refractivity contribution is 7.90. The lowest BCUT2D eigenvalue weighted by Crippen LogP contribution is -2.38. The Hall–Kier alpha value is -3.44. The summed E-state index contributed by atoms with van der Waals surface area (Å²) >= 11 is 0. The van der Waals surface area contributed by atoms with Gasteiger partial charge in [-0.1, -0.05) is 35.9 Å². The van der Waals surface area contributed by atoms with E-state index in [0.29, 0.717) is 30.5 Å². The van der Waals surface area contributed by atoms with Crippen LogP contribution in [0.1, 0.15) is 52.3 Å². The van der Waals surface area contributed by atoms with Gasteiger partial charge in [0.2, 0.25) is 0 Å². The van der Waals surface area contributed by atoms with Crippen molar-refractivity contribution in [1.82, 2.24) is 8.87 Å². The molecule has 2 atom stereocenters. The molecule has 0 radical (unpaired) electrons. The van der Waals surface area contributed by atoms with Crippen LogP contribution in [0.5, 0.6) is 0 Å². The molecule has 0 saturated carbocycles. The number of hydrogen-bond acceptors (Lipinski definition) is 5. The SMILES string of the molecule is Cc1ccc(S(=O)(=O)n2ccc3c(CN4CCC(O)CC4c4ccc(C#N)cc4)c(C)cc(C)c32)cc1. The lowest BCUT2D eigenvalue weighted by atomic mass is 9.91. The molecule has 0 amide bonds. The molecule has 0 bridgehead atoms. The van der Waals surface area contributed by atoms with E-state index in [4.69, 9.17) is 0 Å². The highest BCUT2D eigenvalue weighted by Crippen LogP contribution is 2.36. The van der Waals surface area contributed by atoms with Gasteiger partial charge in [-0.15, -0.1) is 0 Å². The van der Waals surface area contributed by atoms with Crippen molar-refractivity contribution < 1.29 is 13.5 Å². The van der Waals surface area contributed by atoms with Gasteiger partial charge in [-0.3, -0.25) is 4.90 Å². The first kappa shape index (κ1) is 25.2. The normalized spacial score (nSPS) is 18.7. The third-order valence-corrected chi connectivity index (χ3v) is 9.20. The highest BCUT2D eigenvalue weighted by atomic mass is 32.2. The van der Waals surface area contributed by atoms with Gasteiger partial charge in [0.25, 0.3) is 10.0 Å². The molecule has 0 aliphatic carbocycles. The fourth-order valence-corrected chi connectivity index (χ4v) is 6.90. The predicted molar refractivity (Wildman–Crippen MR) is 145 cm³/mol. The van der Waals surface area contributed by atoms with Crippen molar-refractivity contribution in [3.05, 3.63) is 100 Å². The lowest BCUT2D eigenvalue weighted by Gasteiger charge is -2.38. The molecule has 3 aromatic carbocycles.